The predicted molar refractivity (Wildman–Crippen MR) is 71.4 cm³/mol. The van der Waals surface area contributed by atoms with Gasteiger partial charge in [0.2, 0.25) is 5.91 Å². The molecule has 0 bridgehead atoms. The van der Waals surface area contributed by atoms with Crippen molar-refractivity contribution >= 4 is 5.91 Å². The van der Waals surface area contributed by atoms with Gasteiger partial charge in [0.15, 0.2) is 0 Å². The summed E-state index contributed by atoms with van der Waals surface area (Å²) in [5.41, 5.74) is 2.98. The zero-order valence-electron chi connectivity index (χ0n) is 11.4. The minimum absolute atomic E-state index is 0.134. The third-order valence-corrected chi connectivity index (χ3v) is 3.84. The molecule has 1 heterocycles. The third kappa shape index (κ3) is 3.34. The summed E-state index contributed by atoms with van der Waals surface area (Å²) in [5.74, 6) is 0.134. The van der Waals surface area contributed by atoms with Gasteiger partial charge in [-0.2, -0.15) is 5.10 Å². The number of H-pyrrole nitrogens is 1. The summed E-state index contributed by atoms with van der Waals surface area (Å²) in [6.45, 7) is 3.91. The Bertz CT molecular complexity index is 384. The summed E-state index contributed by atoms with van der Waals surface area (Å²) < 4.78 is 0. The van der Waals surface area contributed by atoms with Crippen molar-refractivity contribution in [3.63, 3.8) is 0 Å². The van der Waals surface area contributed by atoms with Gasteiger partial charge in [0.25, 0.3) is 0 Å². The SMILES string of the molecule is Cc1n[nH]c(C)c1CC(=O)NC1CCCCCC1. The average Bonchev–Trinajstić information content (AvgIpc) is 2.59. The van der Waals surface area contributed by atoms with E-state index in [2.05, 4.69) is 15.5 Å². The lowest BCUT2D eigenvalue weighted by Gasteiger charge is -2.16. The largest absolute Gasteiger partial charge is 0.353 e. The van der Waals surface area contributed by atoms with Crippen LogP contribution in [0.15, 0.2) is 0 Å². The van der Waals surface area contributed by atoms with Crippen LogP contribution in [0.3, 0.4) is 0 Å². The van der Waals surface area contributed by atoms with E-state index in [0.717, 1.165) is 29.8 Å². The number of nitrogens with one attached hydrogen (secondary N) is 2. The van der Waals surface area contributed by atoms with Crippen molar-refractivity contribution < 1.29 is 4.79 Å². The number of aromatic nitrogens is 2. The summed E-state index contributed by atoms with van der Waals surface area (Å²) in [4.78, 5) is 12.0. The van der Waals surface area contributed by atoms with E-state index in [1.165, 1.54) is 25.7 Å². The van der Waals surface area contributed by atoms with Gasteiger partial charge in [0, 0.05) is 17.3 Å². The maximum Gasteiger partial charge on any atom is 0.224 e. The Balaban J connectivity index is 1.88. The zero-order valence-corrected chi connectivity index (χ0v) is 11.4. The molecule has 0 atom stereocenters. The third-order valence-electron chi connectivity index (χ3n) is 3.84. The van der Waals surface area contributed by atoms with E-state index in [-0.39, 0.29) is 5.91 Å². The molecule has 1 saturated carbocycles. The quantitative estimate of drug-likeness (QED) is 0.808. The summed E-state index contributed by atoms with van der Waals surface area (Å²) in [7, 11) is 0. The van der Waals surface area contributed by atoms with Gasteiger partial charge in [0.05, 0.1) is 12.1 Å². The minimum Gasteiger partial charge on any atom is -0.353 e. The highest BCUT2D eigenvalue weighted by molar-refractivity contribution is 5.79. The van der Waals surface area contributed by atoms with Crippen molar-refractivity contribution in [1.29, 1.82) is 0 Å². The number of carbonyl (C=O) groups is 1. The monoisotopic (exact) mass is 249 g/mol. The first-order valence-electron chi connectivity index (χ1n) is 6.96. The molecule has 0 aromatic carbocycles. The van der Waals surface area contributed by atoms with E-state index in [1.807, 2.05) is 13.8 Å². The van der Waals surface area contributed by atoms with Crippen LogP contribution in [0.2, 0.25) is 0 Å². The Kier molecular flexibility index (Phi) is 4.39. The van der Waals surface area contributed by atoms with Gasteiger partial charge in [-0.1, -0.05) is 25.7 Å². The molecule has 4 heteroatoms. The molecule has 1 amide bonds. The standard InChI is InChI=1S/C14H23N3O/c1-10-13(11(2)17-16-10)9-14(18)15-12-7-5-3-4-6-8-12/h12H,3-9H2,1-2H3,(H,15,18)(H,16,17). The lowest BCUT2D eigenvalue weighted by atomic mass is 10.1. The highest BCUT2D eigenvalue weighted by Crippen LogP contribution is 2.17. The number of rotatable bonds is 3. The van der Waals surface area contributed by atoms with Crippen LogP contribution in [0.5, 0.6) is 0 Å². The number of hydrogen-bond acceptors (Lipinski definition) is 2. The first-order valence-corrected chi connectivity index (χ1v) is 6.96. The fraction of sp³-hybridized carbons (Fsp3) is 0.714. The Hall–Kier alpha value is -1.32. The zero-order chi connectivity index (χ0) is 13.0. The molecule has 0 aliphatic heterocycles. The van der Waals surface area contributed by atoms with E-state index in [0.29, 0.717) is 12.5 Å². The van der Waals surface area contributed by atoms with Crippen LogP contribution in [-0.4, -0.2) is 22.1 Å². The Morgan fingerprint density at radius 1 is 1.28 bits per heavy atom. The van der Waals surface area contributed by atoms with E-state index in [4.69, 9.17) is 0 Å². The molecule has 2 rings (SSSR count). The van der Waals surface area contributed by atoms with E-state index in [1.54, 1.807) is 0 Å². The van der Waals surface area contributed by atoms with E-state index in [9.17, 15) is 4.79 Å². The van der Waals surface area contributed by atoms with Gasteiger partial charge >= 0.3 is 0 Å². The van der Waals surface area contributed by atoms with Crippen LogP contribution in [0, 0.1) is 13.8 Å². The smallest absolute Gasteiger partial charge is 0.224 e. The second kappa shape index (κ2) is 6.03. The maximum absolute atomic E-state index is 12.0. The van der Waals surface area contributed by atoms with Crippen LogP contribution < -0.4 is 5.32 Å². The van der Waals surface area contributed by atoms with Crippen molar-refractivity contribution in [2.24, 2.45) is 0 Å². The van der Waals surface area contributed by atoms with Gasteiger partial charge in [-0.05, 0) is 26.7 Å². The second-order valence-electron chi connectivity index (χ2n) is 5.35. The predicted octanol–water partition coefficient (Wildman–Crippen LogP) is 2.41. The molecule has 100 valence electrons. The van der Waals surface area contributed by atoms with Crippen molar-refractivity contribution in [3.05, 3.63) is 17.0 Å². The van der Waals surface area contributed by atoms with Crippen LogP contribution >= 0.6 is 0 Å². The summed E-state index contributed by atoms with van der Waals surface area (Å²) in [6.07, 6.45) is 7.83. The summed E-state index contributed by atoms with van der Waals surface area (Å²) in [6, 6.07) is 0.382. The lowest BCUT2D eigenvalue weighted by molar-refractivity contribution is -0.121. The van der Waals surface area contributed by atoms with Gasteiger partial charge in [0.1, 0.15) is 0 Å². The van der Waals surface area contributed by atoms with Crippen LogP contribution in [0.25, 0.3) is 0 Å². The van der Waals surface area contributed by atoms with Gasteiger partial charge in [-0.25, -0.2) is 0 Å². The fourth-order valence-corrected chi connectivity index (χ4v) is 2.70. The molecule has 1 aliphatic rings. The molecule has 2 N–H and O–H groups in total. The summed E-state index contributed by atoms with van der Waals surface area (Å²) >= 11 is 0. The van der Waals surface area contributed by atoms with Crippen molar-refractivity contribution in [3.8, 4) is 0 Å². The van der Waals surface area contributed by atoms with Crippen molar-refractivity contribution in [2.75, 3.05) is 0 Å². The van der Waals surface area contributed by atoms with E-state index < -0.39 is 0 Å². The molecule has 18 heavy (non-hydrogen) atoms. The topological polar surface area (TPSA) is 57.8 Å². The number of hydrogen-bond donors (Lipinski definition) is 2. The number of aryl methyl sites for hydroxylation is 2. The molecule has 1 aromatic heterocycles. The summed E-state index contributed by atoms with van der Waals surface area (Å²) in [5, 5.41) is 10.2. The Morgan fingerprint density at radius 2 is 1.94 bits per heavy atom. The van der Waals surface area contributed by atoms with Crippen LogP contribution in [0.4, 0.5) is 0 Å². The molecule has 1 aliphatic carbocycles. The molecule has 0 unspecified atom stereocenters. The maximum atomic E-state index is 12.0. The van der Waals surface area contributed by atoms with Gasteiger partial charge < -0.3 is 5.32 Å². The number of carbonyl (C=O) groups excluding carboxylic acids is 1. The molecule has 0 radical (unpaired) electrons. The number of aromatic amines is 1. The number of nitrogens with zero attached hydrogens (tertiary/aromatic N) is 1. The van der Waals surface area contributed by atoms with Gasteiger partial charge in [-0.3, -0.25) is 9.89 Å². The highest BCUT2D eigenvalue weighted by Gasteiger charge is 2.16. The average molecular weight is 249 g/mol. The highest BCUT2D eigenvalue weighted by atomic mass is 16.1. The number of amides is 1. The molecule has 4 nitrogen and oxygen atoms in total. The van der Waals surface area contributed by atoms with Crippen LogP contribution in [-0.2, 0) is 11.2 Å². The Morgan fingerprint density at radius 3 is 2.50 bits per heavy atom. The molecule has 1 fully saturated rings. The van der Waals surface area contributed by atoms with Gasteiger partial charge in [-0.15, -0.1) is 0 Å². The molecular weight excluding hydrogens is 226 g/mol. The van der Waals surface area contributed by atoms with Crippen molar-refractivity contribution in [2.45, 2.75) is 64.8 Å². The van der Waals surface area contributed by atoms with Crippen molar-refractivity contribution in [1.82, 2.24) is 15.5 Å². The van der Waals surface area contributed by atoms with E-state index >= 15 is 0 Å². The lowest BCUT2D eigenvalue weighted by Crippen LogP contribution is -2.35. The first kappa shape index (κ1) is 13.1. The molecule has 0 saturated heterocycles. The first-order chi connectivity index (χ1) is 8.66. The Labute approximate surface area is 109 Å². The molecule has 0 spiro atoms. The normalized spacial score (nSPS) is 17.4. The second-order valence-corrected chi connectivity index (χ2v) is 5.35. The fourth-order valence-electron chi connectivity index (χ4n) is 2.70. The molecular formula is C14H23N3O. The molecule has 1 aromatic rings. The van der Waals surface area contributed by atoms with Crippen LogP contribution in [0.1, 0.15) is 55.5 Å². The minimum atomic E-state index is 0.134.